The Morgan fingerprint density at radius 1 is 1.29 bits per heavy atom. The monoisotopic (exact) mass is 423 g/mol. The third-order valence-electron chi connectivity index (χ3n) is 5.53. The van der Waals surface area contributed by atoms with Gasteiger partial charge < -0.3 is 15.0 Å². The van der Waals surface area contributed by atoms with Crippen LogP contribution >= 0.6 is 24.8 Å². The highest BCUT2D eigenvalue weighted by atomic mass is 35.5. The summed E-state index contributed by atoms with van der Waals surface area (Å²) in [5, 5.41) is 3.48. The molecule has 0 radical (unpaired) electrons. The molecule has 2 aliphatic rings. The Morgan fingerprint density at radius 3 is 2.82 bits per heavy atom. The fourth-order valence-corrected chi connectivity index (χ4v) is 4.25. The number of hydrogen-bond donors (Lipinski definition) is 1. The SMILES string of the molecule is CCc1cc(C)c2c(c1)C1CNCC1N(CCOc1cccnc1)C2=O.Cl.Cl. The molecule has 1 fully saturated rings. The second-order valence-electron chi connectivity index (χ2n) is 7.10. The second kappa shape index (κ2) is 9.59. The smallest absolute Gasteiger partial charge is 0.254 e. The molecule has 7 heteroatoms. The van der Waals surface area contributed by atoms with E-state index in [1.807, 2.05) is 17.0 Å². The Hall–Kier alpha value is -1.82. The number of carbonyl (C=O) groups is 1. The number of hydrogen-bond acceptors (Lipinski definition) is 4. The van der Waals surface area contributed by atoms with Gasteiger partial charge in [-0.3, -0.25) is 9.78 Å². The van der Waals surface area contributed by atoms with Gasteiger partial charge in [0, 0.05) is 30.8 Å². The van der Waals surface area contributed by atoms with Crippen molar-refractivity contribution in [1.29, 1.82) is 0 Å². The van der Waals surface area contributed by atoms with Crippen LogP contribution in [0.1, 0.15) is 39.9 Å². The molecule has 152 valence electrons. The predicted molar refractivity (Wildman–Crippen MR) is 115 cm³/mol. The van der Waals surface area contributed by atoms with Crippen molar-refractivity contribution in [2.24, 2.45) is 0 Å². The van der Waals surface area contributed by atoms with Crippen molar-refractivity contribution in [1.82, 2.24) is 15.2 Å². The average Bonchev–Trinajstić information content (AvgIpc) is 3.14. The summed E-state index contributed by atoms with van der Waals surface area (Å²) in [6.45, 7) is 7.06. The number of nitrogens with zero attached hydrogens (tertiary/aromatic N) is 2. The van der Waals surface area contributed by atoms with Gasteiger partial charge in [0.15, 0.2) is 0 Å². The molecule has 0 bridgehead atoms. The first-order chi connectivity index (χ1) is 12.7. The van der Waals surface area contributed by atoms with E-state index in [0.717, 1.165) is 36.4 Å². The van der Waals surface area contributed by atoms with Crippen molar-refractivity contribution in [3.63, 3.8) is 0 Å². The lowest BCUT2D eigenvalue weighted by Crippen LogP contribution is -2.50. The maximum atomic E-state index is 13.3. The topological polar surface area (TPSA) is 54.5 Å². The minimum atomic E-state index is 0. The maximum Gasteiger partial charge on any atom is 0.254 e. The molecule has 5 nitrogen and oxygen atoms in total. The molecule has 0 aliphatic carbocycles. The van der Waals surface area contributed by atoms with Crippen LogP contribution in [0.5, 0.6) is 5.75 Å². The third-order valence-corrected chi connectivity index (χ3v) is 5.53. The molecule has 1 saturated heterocycles. The van der Waals surface area contributed by atoms with E-state index in [1.165, 1.54) is 11.1 Å². The van der Waals surface area contributed by atoms with Crippen molar-refractivity contribution in [3.8, 4) is 5.75 Å². The number of halogens is 2. The van der Waals surface area contributed by atoms with E-state index in [0.29, 0.717) is 19.1 Å². The van der Waals surface area contributed by atoms with Crippen molar-refractivity contribution >= 4 is 30.7 Å². The lowest BCUT2D eigenvalue weighted by atomic mass is 9.81. The summed E-state index contributed by atoms with van der Waals surface area (Å²) in [6.07, 6.45) is 4.42. The van der Waals surface area contributed by atoms with Gasteiger partial charge in [-0.25, -0.2) is 0 Å². The van der Waals surface area contributed by atoms with Crippen LogP contribution in [0, 0.1) is 6.92 Å². The first-order valence-corrected chi connectivity index (χ1v) is 9.37. The number of aryl methyl sites for hydroxylation is 2. The quantitative estimate of drug-likeness (QED) is 0.800. The maximum absolute atomic E-state index is 13.3. The van der Waals surface area contributed by atoms with Crippen LogP contribution < -0.4 is 10.1 Å². The van der Waals surface area contributed by atoms with Crippen LogP contribution in [0.2, 0.25) is 0 Å². The van der Waals surface area contributed by atoms with Crippen molar-refractivity contribution in [2.45, 2.75) is 32.2 Å². The number of pyridine rings is 1. The van der Waals surface area contributed by atoms with Gasteiger partial charge in [0.05, 0.1) is 18.8 Å². The normalized spacial score (nSPS) is 19.9. The fraction of sp³-hybridized carbons (Fsp3) is 0.429. The molecule has 0 saturated carbocycles. The minimum absolute atomic E-state index is 0. The standard InChI is InChI=1S/C21H25N3O2.2ClH/c1-3-15-9-14(2)20-17(10-15)18-12-23-13-19(18)24(21(20)25)7-8-26-16-5-4-6-22-11-16;;/h4-6,9-11,18-19,23H,3,7-8,12-13H2,1-2H3;2*1H. The molecule has 0 spiro atoms. The van der Waals surface area contributed by atoms with Gasteiger partial charge in [-0.2, -0.15) is 0 Å². The summed E-state index contributed by atoms with van der Waals surface area (Å²) in [6, 6.07) is 8.34. The van der Waals surface area contributed by atoms with E-state index < -0.39 is 0 Å². The zero-order valence-electron chi connectivity index (χ0n) is 16.2. The number of carbonyl (C=O) groups excluding carboxylic acids is 1. The molecule has 1 amide bonds. The highest BCUT2D eigenvalue weighted by Crippen LogP contribution is 2.37. The third kappa shape index (κ3) is 4.12. The molecule has 2 unspecified atom stereocenters. The first-order valence-electron chi connectivity index (χ1n) is 9.37. The molecule has 28 heavy (non-hydrogen) atoms. The van der Waals surface area contributed by atoms with Gasteiger partial charge >= 0.3 is 0 Å². The number of nitrogens with one attached hydrogen (secondary N) is 1. The molecular weight excluding hydrogens is 397 g/mol. The van der Waals surface area contributed by atoms with Crippen LogP contribution in [0.15, 0.2) is 36.7 Å². The summed E-state index contributed by atoms with van der Waals surface area (Å²) < 4.78 is 5.78. The van der Waals surface area contributed by atoms with Gasteiger partial charge in [0.25, 0.3) is 5.91 Å². The summed E-state index contributed by atoms with van der Waals surface area (Å²) in [5.41, 5.74) is 4.53. The lowest BCUT2D eigenvalue weighted by Gasteiger charge is -2.39. The van der Waals surface area contributed by atoms with Gasteiger partial charge in [-0.05, 0) is 42.2 Å². The Kier molecular flexibility index (Phi) is 7.70. The van der Waals surface area contributed by atoms with E-state index in [2.05, 4.69) is 36.3 Å². The molecule has 1 aromatic carbocycles. The number of rotatable bonds is 5. The second-order valence-corrected chi connectivity index (χ2v) is 7.10. The van der Waals surface area contributed by atoms with E-state index >= 15 is 0 Å². The van der Waals surface area contributed by atoms with Gasteiger partial charge in [0.2, 0.25) is 0 Å². The zero-order valence-corrected chi connectivity index (χ0v) is 17.8. The largest absolute Gasteiger partial charge is 0.490 e. The van der Waals surface area contributed by atoms with E-state index in [-0.39, 0.29) is 36.8 Å². The zero-order chi connectivity index (χ0) is 18.1. The summed E-state index contributed by atoms with van der Waals surface area (Å²) in [4.78, 5) is 19.3. The summed E-state index contributed by atoms with van der Waals surface area (Å²) in [5.74, 6) is 1.24. The van der Waals surface area contributed by atoms with Gasteiger partial charge in [-0.1, -0.05) is 19.1 Å². The molecular formula is C21H27Cl2N3O2. The molecule has 2 atom stereocenters. The van der Waals surface area contributed by atoms with E-state index in [4.69, 9.17) is 4.74 Å². The minimum Gasteiger partial charge on any atom is -0.490 e. The molecule has 4 rings (SSSR count). The number of benzene rings is 1. The first kappa shape index (κ1) is 22.5. The fourth-order valence-electron chi connectivity index (χ4n) is 4.25. The molecule has 1 aromatic heterocycles. The number of aromatic nitrogens is 1. The Labute approximate surface area is 178 Å². The van der Waals surface area contributed by atoms with Crippen LogP contribution in [-0.2, 0) is 6.42 Å². The Bertz CT molecular complexity index is 817. The number of ether oxygens (including phenoxy) is 1. The average molecular weight is 424 g/mol. The summed E-state index contributed by atoms with van der Waals surface area (Å²) >= 11 is 0. The van der Waals surface area contributed by atoms with Gasteiger partial charge in [-0.15, -0.1) is 24.8 Å². The summed E-state index contributed by atoms with van der Waals surface area (Å²) in [7, 11) is 0. The van der Waals surface area contributed by atoms with Crippen molar-refractivity contribution in [3.05, 3.63) is 58.9 Å². The number of fused-ring (bicyclic) bond motifs is 3. The molecule has 2 aromatic rings. The van der Waals surface area contributed by atoms with Crippen molar-refractivity contribution < 1.29 is 9.53 Å². The van der Waals surface area contributed by atoms with E-state index in [9.17, 15) is 4.79 Å². The molecule has 2 aliphatic heterocycles. The number of amides is 1. The van der Waals surface area contributed by atoms with E-state index in [1.54, 1.807) is 12.4 Å². The van der Waals surface area contributed by atoms with Crippen LogP contribution in [0.3, 0.4) is 0 Å². The Balaban J connectivity index is 0.00000140. The predicted octanol–water partition coefficient (Wildman–Crippen LogP) is 3.39. The molecule has 1 N–H and O–H groups in total. The Morgan fingerprint density at radius 2 is 2.11 bits per heavy atom. The lowest BCUT2D eigenvalue weighted by molar-refractivity contribution is 0.0613. The van der Waals surface area contributed by atoms with Crippen LogP contribution in [0.4, 0.5) is 0 Å². The van der Waals surface area contributed by atoms with Crippen molar-refractivity contribution in [2.75, 3.05) is 26.2 Å². The molecule has 3 heterocycles. The van der Waals surface area contributed by atoms with Crippen LogP contribution in [0.25, 0.3) is 0 Å². The highest BCUT2D eigenvalue weighted by Gasteiger charge is 2.42. The highest BCUT2D eigenvalue weighted by molar-refractivity contribution is 5.99. The van der Waals surface area contributed by atoms with Crippen LogP contribution in [-0.4, -0.2) is 48.1 Å². The van der Waals surface area contributed by atoms with Gasteiger partial charge in [0.1, 0.15) is 12.4 Å².